The normalized spacial score (nSPS) is 16.9. The first-order valence-corrected chi connectivity index (χ1v) is 7.13. The molecule has 2 heterocycles. The Labute approximate surface area is 136 Å². The van der Waals surface area contributed by atoms with E-state index in [-0.39, 0.29) is 5.57 Å². The Hall–Kier alpha value is -2.86. The highest BCUT2D eigenvalue weighted by molar-refractivity contribution is 6.39. The van der Waals surface area contributed by atoms with Gasteiger partial charge in [0.05, 0.1) is 5.69 Å². The van der Waals surface area contributed by atoms with E-state index in [0.717, 1.165) is 4.90 Å². The van der Waals surface area contributed by atoms with Gasteiger partial charge in [-0.3, -0.25) is 14.9 Å². The second-order valence-corrected chi connectivity index (χ2v) is 5.42. The van der Waals surface area contributed by atoms with Crippen LogP contribution in [0.15, 0.2) is 48.2 Å². The molecule has 3 rings (SSSR count). The highest BCUT2D eigenvalue weighted by Gasteiger charge is 2.36. The predicted octanol–water partition coefficient (Wildman–Crippen LogP) is 2.34. The van der Waals surface area contributed by atoms with Crippen LogP contribution in [0.25, 0.3) is 6.08 Å². The van der Waals surface area contributed by atoms with Crippen molar-refractivity contribution in [2.45, 2.75) is 0 Å². The molecule has 0 unspecified atom stereocenters. The van der Waals surface area contributed by atoms with E-state index in [9.17, 15) is 14.4 Å². The molecule has 1 saturated heterocycles. The van der Waals surface area contributed by atoms with Crippen LogP contribution < -0.4 is 10.2 Å². The maximum absolute atomic E-state index is 12.6. The number of aryl methyl sites for hydroxylation is 1. The first kappa shape index (κ1) is 15.1. The van der Waals surface area contributed by atoms with Crippen molar-refractivity contribution in [1.82, 2.24) is 9.88 Å². The van der Waals surface area contributed by atoms with Crippen molar-refractivity contribution in [3.63, 3.8) is 0 Å². The first-order chi connectivity index (χ1) is 11.0. The molecule has 0 spiro atoms. The Balaban J connectivity index is 2.04. The van der Waals surface area contributed by atoms with E-state index in [1.165, 1.54) is 12.1 Å². The number of urea groups is 1. The zero-order chi connectivity index (χ0) is 16.6. The molecule has 1 aromatic heterocycles. The van der Waals surface area contributed by atoms with E-state index >= 15 is 0 Å². The number of anilines is 1. The number of barbiturate groups is 1. The maximum atomic E-state index is 12.6. The van der Waals surface area contributed by atoms with Crippen LogP contribution in [0.3, 0.4) is 0 Å². The summed E-state index contributed by atoms with van der Waals surface area (Å²) in [5, 5.41) is 2.55. The third-order valence-corrected chi connectivity index (χ3v) is 3.68. The third kappa shape index (κ3) is 2.76. The van der Waals surface area contributed by atoms with Crippen molar-refractivity contribution in [3.05, 3.63) is 58.9 Å². The summed E-state index contributed by atoms with van der Waals surface area (Å²) in [5.41, 5.74) is 0.848. The largest absolute Gasteiger partial charge is 0.351 e. The molecule has 7 heteroatoms. The van der Waals surface area contributed by atoms with Gasteiger partial charge in [-0.05, 0) is 36.4 Å². The number of nitrogens with one attached hydrogen (secondary N) is 1. The van der Waals surface area contributed by atoms with E-state index in [1.54, 1.807) is 48.1 Å². The zero-order valence-electron chi connectivity index (χ0n) is 12.1. The van der Waals surface area contributed by atoms with Gasteiger partial charge in [0.1, 0.15) is 5.57 Å². The second-order valence-electron chi connectivity index (χ2n) is 4.98. The summed E-state index contributed by atoms with van der Waals surface area (Å²) in [6, 6.07) is 9.05. The molecule has 0 saturated carbocycles. The lowest BCUT2D eigenvalue weighted by Gasteiger charge is -2.26. The number of hydrogen-bond acceptors (Lipinski definition) is 3. The molecule has 23 heavy (non-hydrogen) atoms. The lowest BCUT2D eigenvalue weighted by molar-refractivity contribution is -0.122. The van der Waals surface area contributed by atoms with Gasteiger partial charge in [0.15, 0.2) is 0 Å². The van der Waals surface area contributed by atoms with Crippen molar-refractivity contribution in [2.75, 3.05) is 4.90 Å². The molecule has 0 radical (unpaired) electrons. The number of hydrogen-bond donors (Lipinski definition) is 1. The van der Waals surface area contributed by atoms with Crippen LogP contribution in [0.2, 0.25) is 5.02 Å². The molecule has 1 N–H and O–H groups in total. The number of carbonyl (C=O) groups is 3. The highest BCUT2D eigenvalue weighted by atomic mass is 35.5. The summed E-state index contributed by atoms with van der Waals surface area (Å²) in [5.74, 6) is -1.42. The zero-order valence-corrected chi connectivity index (χ0v) is 12.9. The summed E-state index contributed by atoms with van der Waals surface area (Å²) in [7, 11) is 1.79. The van der Waals surface area contributed by atoms with E-state index in [2.05, 4.69) is 5.32 Å². The quantitative estimate of drug-likeness (QED) is 0.679. The van der Waals surface area contributed by atoms with E-state index < -0.39 is 17.8 Å². The average Bonchev–Trinajstić information content (AvgIpc) is 2.88. The fourth-order valence-electron chi connectivity index (χ4n) is 2.28. The Kier molecular flexibility index (Phi) is 3.75. The molecule has 2 aromatic rings. The van der Waals surface area contributed by atoms with Crippen LogP contribution in [-0.4, -0.2) is 22.4 Å². The number of aromatic nitrogens is 1. The van der Waals surface area contributed by atoms with E-state index in [4.69, 9.17) is 11.6 Å². The van der Waals surface area contributed by atoms with Crippen molar-refractivity contribution in [1.29, 1.82) is 0 Å². The lowest BCUT2D eigenvalue weighted by Crippen LogP contribution is -2.54. The topological polar surface area (TPSA) is 71.4 Å². The van der Waals surface area contributed by atoms with Gasteiger partial charge in [-0.2, -0.15) is 0 Å². The molecule has 1 aromatic carbocycles. The summed E-state index contributed by atoms with van der Waals surface area (Å²) in [6.45, 7) is 0. The predicted molar refractivity (Wildman–Crippen MR) is 85.9 cm³/mol. The van der Waals surface area contributed by atoms with Gasteiger partial charge in [0.2, 0.25) is 0 Å². The smallest absolute Gasteiger partial charge is 0.335 e. The Morgan fingerprint density at radius 2 is 1.91 bits per heavy atom. The van der Waals surface area contributed by atoms with Gasteiger partial charge in [0, 0.05) is 24.0 Å². The third-order valence-electron chi connectivity index (χ3n) is 3.44. The molecule has 0 atom stereocenters. The van der Waals surface area contributed by atoms with Crippen LogP contribution >= 0.6 is 11.6 Å². The van der Waals surface area contributed by atoms with Crippen molar-refractivity contribution < 1.29 is 14.4 Å². The van der Waals surface area contributed by atoms with Gasteiger partial charge in [-0.25, -0.2) is 9.69 Å². The summed E-state index contributed by atoms with van der Waals surface area (Å²) in [4.78, 5) is 37.6. The van der Waals surface area contributed by atoms with Gasteiger partial charge in [-0.1, -0.05) is 17.7 Å². The standard InChI is InChI=1S/C16H12ClN3O3/c1-19-7-3-6-11(19)9-13-14(21)18-16(23)20(15(13)22)12-5-2-4-10(17)8-12/h2-9H,1H3,(H,18,21,23)/b13-9+. The Morgan fingerprint density at radius 1 is 1.13 bits per heavy atom. The number of imide groups is 2. The summed E-state index contributed by atoms with van der Waals surface area (Å²) >= 11 is 5.91. The molecular formula is C16H12ClN3O3. The minimum absolute atomic E-state index is 0.119. The molecule has 0 bridgehead atoms. The number of rotatable bonds is 2. The summed E-state index contributed by atoms with van der Waals surface area (Å²) < 4.78 is 1.76. The number of nitrogens with zero attached hydrogens (tertiary/aromatic N) is 2. The fourth-order valence-corrected chi connectivity index (χ4v) is 2.46. The first-order valence-electron chi connectivity index (χ1n) is 6.76. The van der Waals surface area contributed by atoms with Gasteiger partial charge in [0.25, 0.3) is 11.8 Å². The molecular weight excluding hydrogens is 318 g/mol. The van der Waals surface area contributed by atoms with Crippen molar-refractivity contribution in [2.24, 2.45) is 7.05 Å². The Morgan fingerprint density at radius 3 is 2.57 bits per heavy atom. The molecule has 4 amide bonds. The SMILES string of the molecule is Cn1cccc1/C=C1\C(=O)NC(=O)N(c2cccc(Cl)c2)C1=O. The van der Waals surface area contributed by atoms with E-state index in [1.807, 2.05) is 0 Å². The second kappa shape index (κ2) is 5.73. The van der Waals surface area contributed by atoms with E-state index in [0.29, 0.717) is 16.4 Å². The monoisotopic (exact) mass is 329 g/mol. The average molecular weight is 330 g/mol. The van der Waals surface area contributed by atoms with Crippen molar-refractivity contribution in [3.8, 4) is 0 Å². The fraction of sp³-hybridized carbons (Fsp3) is 0.0625. The van der Waals surface area contributed by atoms with Crippen LogP contribution in [0, 0.1) is 0 Å². The number of halogens is 1. The molecule has 1 fully saturated rings. The maximum Gasteiger partial charge on any atom is 0.335 e. The summed E-state index contributed by atoms with van der Waals surface area (Å²) in [6.07, 6.45) is 3.24. The molecule has 0 aliphatic carbocycles. The number of amides is 4. The van der Waals surface area contributed by atoms with Crippen LogP contribution in [-0.2, 0) is 16.6 Å². The van der Waals surface area contributed by atoms with Crippen LogP contribution in [0.5, 0.6) is 0 Å². The molecule has 1 aliphatic rings. The molecule has 1 aliphatic heterocycles. The minimum Gasteiger partial charge on any atom is -0.351 e. The highest BCUT2D eigenvalue weighted by Crippen LogP contribution is 2.24. The van der Waals surface area contributed by atoms with Crippen LogP contribution in [0.4, 0.5) is 10.5 Å². The van der Waals surface area contributed by atoms with Gasteiger partial charge < -0.3 is 4.57 Å². The number of benzene rings is 1. The minimum atomic E-state index is -0.800. The van der Waals surface area contributed by atoms with Crippen molar-refractivity contribution >= 4 is 41.2 Å². The van der Waals surface area contributed by atoms with Crippen LogP contribution in [0.1, 0.15) is 5.69 Å². The van der Waals surface area contributed by atoms with Gasteiger partial charge in [-0.15, -0.1) is 0 Å². The van der Waals surface area contributed by atoms with Gasteiger partial charge >= 0.3 is 6.03 Å². The molecule has 6 nitrogen and oxygen atoms in total. The number of carbonyl (C=O) groups excluding carboxylic acids is 3. The lowest BCUT2D eigenvalue weighted by atomic mass is 10.1. The Bertz CT molecular complexity index is 854. The molecule has 116 valence electrons.